The Morgan fingerprint density at radius 3 is 2.53 bits per heavy atom. The van der Waals surface area contributed by atoms with E-state index >= 15 is 0 Å². The molecule has 0 radical (unpaired) electrons. The first-order valence-electron chi connectivity index (χ1n) is 11.9. The van der Waals surface area contributed by atoms with Crippen molar-refractivity contribution in [3.05, 3.63) is 53.9 Å². The van der Waals surface area contributed by atoms with Crippen LogP contribution in [0, 0.1) is 5.92 Å². The van der Waals surface area contributed by atoms with Gasteiger partial charge in [-0.05, 0) is 48.7 Å². The summed E-state index contributed by atoms with van der Waals surface area (Å²) in [4.78, 5) is 44.9. The minimum absolute atomic E-state index is 0.0499. The molecule has 1 aromatic heterocycles. The minimum atomic E-state index is -1.16. The van der Waals surface area contributed by atoms with Crippen LogP contribution in [0.15, 0.2) is 42.7 Å². The van der Waals surface area contributed by atoms with Gasteiger partial charge in [0.25, 0.3) is 5.91 Å². The molecule has 3 rings (SSSR count). The van der Waals surface area contributed by atoms with Gasteiger partial charge in [-0.15, -0.1) is 0 Å². The van der Waals surface area contributed by atoms with E-state index in [2.05, 4.69) is 15.6 Å². The van der Waals surface area contributed by atoms with Crippen molar-refractivity contribution in [2.45, 2.75) is 45.5 Å². The number of methoxy groups -OCH3 is 2. The molecule has 2 N–H and O–H groups in total. The number of amides is 2. The Morgan fingerprint density at radius 1 is 1.17 bits per heavy atom. The number of ether oxygens (including phenoxy) is 3. The predicted octanol–water partition coefficient (Wildman–Crippen LogP) is 1.79. The van der Waals surface area contributed by atoms with E-state index in [-0.39, 0.29) is 36.1 Å². The molecule has 2 heterocycles. The smallest absolute Gasteiger partial charge is 0.349 e. The Labute approximate surface area is 211 Å². The molecule has 0 saturated heterocycles. The molecule has 1 aromatic carbocycles. The molecule has 1 aliphatic heterocycles. The van der Waals surface area contributed by atoms with Gasteiger partial charge in [0, 0.05) is 37.1 Å². The van der Waals surface area contributed by atoms with Gasteiger partial charge in [0.05, 0.1) is 26.8 Å². The highest BCUT2D eigenvalue weighted by atomic mass is 16.6. The summed E-state index contributed by atoms with van der Waals surface area (Å²) in [5, 5.41) is 5.95. The average Bonchev–Trinajstić information content (AvgIpc) is 2.85. The number of esters is 1. The fourth-order valence-electron chi connectivity index (χ4n) is 3.98. The number of pyridine rings is 1. The average molecular weight is 499 g/mol. The van der Waals surface area contributed by atoms with Gasteiger partial charge in [0.2, 0.25) is 12.0 Å². The van der Waals surface area contributed by atoms with Crippen molar-refractivity contribution in [3.8, 4) is 11.5 Å². The number of nitrogens with zero attached hydrogens (tertiary/aromatic N) is 2. The summed E-state index contributed by atoms with van der Waals surface area (Å²) in [6.45, 7) is 6.67. The zero-order chi connectivity index (χ0) is 26.2. The van der Waals surface area contributed by atoms with Crippen molar-refractivity contribution in [3.63, 3.8) is 0 Å². The second-order valence-electron chi connectivity index (χ2n) is 9.13. The number of carbonyl (C=O) groups is 3. The summed E-state index contributed by atoms with van der Waals surface area (Å²) in [6.07, 6.45) is 2.23. The van der Waals surface area contributed by atoms with Crippen LogP contribution in [-0.4, -0.2) is 73.2 Å². The van der Waals surface area contributed by atoms with Crippen LogP contribution in [0.4, 0.5) is 0 Å². The van der Waals surface area contributed by atoms with Crippen LogP contribution >= 0.6 is 0 Å². The van der Waals surface area contributed by atoms with Crippen LogP contribution in [-0.2, 0) is 20.9 Å². The molecule has 1 aliphatic rings. The molecule has 10 heteroatoms. The topological polar surface area (TPSA) is 119 Å². The Balaban J connectivity index is 2.01. The van der Waals surface area contributed by atoms with Gasteiger partial charge in [-0.3, -0.25) is 19.5 Å². The van der Waals surface area contributed by atoms with Crippen molar-refractivity contribution < 1.29 is 28.6 Å². The van der Waals surface area contributed by atoms with E-state index in [9.17, 15) is 14.4 Å². The van der Waals surface area contributed by atoms with Crippen molar-refractivity contribution in [1.29, 1.82) is 0 Å². The molecule has 0 spiro atoms. The summed E-state index contributed by atoms with van der Waals surface area (Å²) >= 11 is 0. The largest absolute Gasteiger partial charge is 0.493 e. The third-order valence-corrected chi connectivity index (χ3v) is 6.05. The second-order valence-corrected chi connectivity index (χ2v) is 9.13. The maximum absolute atomic E-state index is 13.2. The Hall–Kier alpha value is -3.66. The lowest BCUT2D eigenvalue weighted by atomic mass is 10.0. The van der Waals surface area contributed by atoms with E-state index in [1.165, 1.54) is 20.3 Å². The molecular formula is C26H34N4O6. The molecule has 36 heavy (non-hydrogen) atoms. The van der Waals surface area contributed by atoms with Crippen LogP contribution in [0.25, 0.3) is 0 Å². The second kappa shape index (κ2) is 12.3. The maximum atomic E-state index is 13.2. The maximum Gasteiger partial charge on any atom is 0.349 e. The standard InChI is InChI=1S/C26H34N4O6/c1-16(2)20-14-30(13-18-8-10-27-11-9-18)15-23(31)28-17(3)24(26(33)35-5)36-22-12-19(25(32)29-20)6-7-21(22)34-4/h6-12,16-17,20,24H,13-15H2,1-5H3,(H,28,31)(H,29,32)/t17-,20+,24+/m0/s1. The van der Waals surface area contributed by atoms with Gasteiger partial charge in [-0.1, -0.05) is 13.8 Å². The first-order chi connectivity index (χ1) is 17.2. The van der Waals surface area contributed by atoms with E-state index in [1.54, 1.807) is 31.5 Å². The third kappa shape index (κ3) is 6.94. The molecule has 2 aromatic rings. The molecule has 0 unspecified atom stereocenters. The highest BCUT2D eigenvalue weighted by molar-refractivity contribution is 5.95. The number of fused-ring (bicyclic) bond motifs is 2. The summed E-state index contributed by atoms with van der Waals surface area (Å²) in [7, 11) is 2.71. The lowest BCUT2D eigenvalue weighted by molar-refractivity contribution is -0.150. The fraction of sp³-hybridized carbons (Fsp3) is 0.462. The fourth-order valence-corrected chi connectivity index (χ4v) is 3.98. The molecule has 194 valence electrons. The van der Waals surface area contributed by atoms with Gasteiger partial charge >= 0.3 is 5.97 Å². The molecule has 2 bridgehead atoms. The van der Waals surface area contributed by atoms with Crippen LogP contribution in [0.1, 0.15) is 36.7 Å². The van der Waals surface area contributed by atoms with E-state index in [0.717, 1.165) is 5.56 Å². The van der Waals surface area contributed by atoms with Gasteiger partial charge in [0.1, 0.15) is 0 Å². The van der Waals surface area contributed by atoms with E-state index in [1.807, 2.05) is 30.9 Å². The van der Waals surface area contributed by atoms with Gasteiger partial charge < -0.3 is 24.8 Å². The lowest BCUT2D eigenvalue weighted by Gasteiger charge is -2.31. The van der Waals surface area contributed by atoms with Crippen LogP contribution in [0.2, 0.25) is 0 Å². The number of nitrogens with one attached hydrogen (secondary N) is 2. The monoisotopic (exact) mass is 498 g/mol. The number of aromatic nitrogens is 1. The van der Waals surface area contributed by atoms with E-state index in [0.29, 0.717) is 24.4 Å². The summed E-state index contributed by atoms with van der Waals surface area (Å²) < 4.78 is 16.3. The predicted molar refractivity (Wildman–Crippen MR) is 133 cm³/mol. The summed E-state index contributed by atoms with van der Waals surface area (Å²) in [6, 6.07) is 7.58. The Morgan fingerprint density at radius 2 is 1.89 bits per heavy atom. The van der Waals surface area contributed by atoms with Crippen LogP contribution in [0.3, 0.4) is 0 Å². The van der Waals surface area contributed by atoms with Gasteiger partial charge in [0.15, 0.2) is 11.5 Å². The molecule has 0 aliphatic carbocycles. The summed E-state index contributed by atoms with van der Waals surface area (Å²) in [5.74, 6) is -0.620. The van der Waals surface area contributed by atoms with Crippen molar-refractivity contribution in [2.24, 2.45) is 5.92 Å². The van der Waals surface area contributed by atoms with Gasteiger partial charge in [-0.25, -0.2) is 4.79 Å². The number of benzene rings is 1. The zero-order valence-electron chi connectivity index (χ0n) is 21.3. The SMILES string of the molecule is COC(=O)[C@@H]1Oc2cc(ccc2OC)C(=O)N[C@@H](C(C)C)CN(Cc2ccncc2)CC(=O)N[C@H]1C. The molecule has 0 saturated carbocycles. The van der Waals surface area contributed by atoms with Crippen molar-refractivity contribution in [1.82, 2.24) is 20.5 Å². The minimum Gasteiger partial charge on any atom is -0.493 e. The third-order valence-electron chi connectivity index (χ3n) is 6.05. The number of hydrogen-bond donors (Lipinski definition) is 2. The van der Waals surface area contributed by atoms with Crippen LogP contribution in [0.5, 0.6) is 11.5 Å². The molecule has 2 amide bonds. The summed E-state index contributed by atoms with van der Waals surface area (Å²) in [5.41, 5.74) is 1.34. The molecular weight excluding hydrogens is 464 g/mol. The van der Waals surface area contributed by atoms with E-state index in [4.69, 9.17) is 14.2 Å². The van der Waals surface area contributed by atoms with Crippen molar-refractivity contribution >= 4 is 17.8 Å². The number of hydrogen-bond acceptors (Lipinski definition) is 8. The zero-order valence-corrected chi connectivity index (χ0v) is 21.3. The molecule has 10 nitrogen and oxygen atoms in total. The Bertz CT molecular complexity index is 1060. The van der Waals surface area contributed by atoms with E-state index < -0.39 is 18.1 Å². The first-order valence-corrected chi connectivity index (χ1v) is 11.9. The molecule has 0 fully saturated rings. The highest BCUT2D eigenvalue weighted by Crippen LogP contribution is 2.30. The normalized spacial score (nSPS) is 21.6. The van der Waals surface area contributed by atoms with Gasteiger partial charge in [-0.2, -0.15) is 0 Å². The number of rotatable bonds is 5. The Kier molecular flexibility index (Phi) is 9.24. The highest BCUT2D eigenvalue weighted by Gasteiger charge is 2.32. The lowest BCUT2D eigenvalue weighted by Crippen LogP contribution is -2.53. The quantitative estimate of drug-likeness (QED) is 0.599. The molecule has 3 atom stereocenters. The van der Waals surface area contributed by atoms with Crippen molar-refractivity contribution in [2.75, 3.05) is 27.3 Å². The first kappa shape index (κ1) is 26.9. The van der Waals surface area contributed by atoms with Crippen LogP contribution < -0.4 is 20.1 Å². The number of carbonyl (C=O) groups excluding carboxylic acids is 3.